The molecule has 2 aromatic carbocycles. The van der Waals surface area contributed by atoms with Gasteiger partial charge in [-0.05, 0) is 48.4 Å². The Balaban J connectivity index is 1.88. The topological polar surface area (TPSA) is 105 Å². The summed E-state index contributed by atoms with van der Waals surface area (Å²) >= 11 is 0. The number of amides is 1. The molecule has 0 aromatic heterocycles. The number of carbonyl (C=O) groups is 2. The number of ketones is 1. The largest absolute Gasteiger partial charge is 0.508 e. The van der Waals surface area contributed by atoms with Crippen LogP contribution in [0.4, 0.5) is 0 Å². The molecular weight excluding hydrogens is 338 g/mol. The summed E-state index contributed by atoms with van der Waals surface area (Å²) < 4.78 is 10.2. The van der Waals surface area contributed by atoms with E-state index in [1.54, 1.807) is 6.07 Å². The number of hydrogen-bond donors (Lipinski definition) is 3. The first-order valence-electron chi connectivity index (χ1n) is 7.97. The Morgan fingerprint density at radius 3 is 2.35 bits per heavy atom. The molecule has 0 fully saturated rings. The molecule has 0 spiro atoms. The van der Waals surface area contributed by atoms with Gasteiger partial charge in [-0.2, -0.15) is 0 Å². The Morgan fingerprint density at radius 2 is 1.73 bits per heavy atom. The summed E-state index contributed by atoms with van der Waals surface area (Å²) in [6, 6.07) is 9.02. The van der Waals surface area contributed by atoms with Gasteiger partial charge < -0.3 is 25.0 Å². The van der Waals surface area contributed by atoms with Gasteiger partial charge in [0.15, 0.2) is 17.3 Å². The van der Waals surface area contributed by atoms with Crippen LogP contribution >= 0.6 is 0 Å². The van der Waals surface area contributed by atoms with Crippen LogP contribution in [-0.4, -0.2) is 42.7 Å². The molecule has 1 amide bonds. The zero-order valence-corrected chi connectivity index (χ0v) is 14.6. The van der Waals surface area contributed by atoms with Gasteiger partial charge in [0.05, 0.1) is 20.8 Å². The molecule has 0 unspecified atom stereocenters. The van der Waals surface area contributed by atoms with Gasteiger partial charge in [0.25, 0.3) is 0 Å². The van der Waals surface area contributed by atoms with Gasteiger partial charge in [0.2, 0.25) is 11.7 Å². The van der Waals surface area contributed by atoms with Crippen molar-refractivity contribution in [1.82, 2.24) is 5.32 Å². The predicted octanol–water partition coefficient (Wildman–Crippen LogP) is 2.05. The molecule has 2 aromatic rings. The second kappa shape index (κ2) is 8.75. The van der Waals surface area contributed by atoms with E-state index >= 15 is 0 Å². The van der Waals surface area contributed by atoms with Crippen LogP contribution in [0, 0.1) is 0 Å². The summed E-state index contributed by atoms with van der Waals surface area (Å²) in [5, 5.41) is 21.7. The molecule has 138 valence electrons. The lowest BCUT2D eigenvalue weighted by atomic mass is 10.1. The number of aryl methyl sites for hydroxylation is 1. The van der Waals surface area contributed by atoms with Gasteiger partial charge in [-0.1, -0.05) is 0 Å². The van der Waals surface area contributed by atoms with E-state index in [9.17, 15) is 19.8 Å². The first kappa shape index (κ1) is 19.1. The van der Waals surface area contributed by atoms with Crippen LogP contribution in [-0.2, 0) is 11.2 Å². The van der Waals surface area contributed by atoms with E-state index in [1.807, 2.05) is 0 Å². The van der Waals surface area contributed by atoms with Crippen molar-refractivity contribution in [2.24, 2.45) is 0 Å². The first-order chi connectivity index (χ1) is 12.4. The summed E-state index contributed by atoms with van der Waals surface area (Å²) in [5.41, 5.74) is 1.12. The Bertz CT molecular complexity index is 785. The fourth-order valence-corrected chi connectivity index (χ4v) is 2.42. The Hall–Kier alpha value is -3.22. The van der Waals surface area contributed by atoms with Crippen molar-refractivity contribution >= 4 is 11.7 Å². The molecule has 3 N–H and O–H groups in total. The number of benzene rings is 2. The number of ether oxygens (including phenoxy) is 2. The maximum Gasteiger partial charge on any atom is 0.220 e. The molecule has 0 aliphatic rings. The molecule has 7 heteroatoms. The molecule has 0 aliphatic carbocycles. The second-order valence-corrected chi connectivity index (χ2v) is 5.60. The van der Waals surface area contributed by atoms with Crippen LogP contribution in [0.15, 0.2) is 36.4 Å². The fourth-order valence-electron chi connectivity index (χ4n) is 2.42. The molecule has 0 radical (unpaired) electrons. The SMILES string of the molecule is COc1cc(CCC(=O)NCC(=O)c2ccc(O)cc2)cc(O)c1OC. The zero-order chi connectivity index (χ0) is 19.1. The van der Waals surface area contributed by atoms with Crippen molar-refractivity contribution in [3.8, 4) is 23.0 Å². The summed E-state index contributed by atoms with van der Waals surface area (Å²) in [6.07, 6.45) is 0.519. The summed E-state index contributed by atoms with van der Waals surface area (Å²) in [6.45, 7) is -0.124. The van der Waals surface area contributed by atoms with Gasteiger partial charge in [-0.25, -0.2) is 0 Å². The highest BCUT2D eigenvalue weighted by atomic mass is 16.5. The minimum Gasteiger partial charge on any atom is -0.508 e. The van der Waals surface area contributed by atoms with E-state index in [0.29, 0.717) is 23.3 Å². The second-order valence-electron chi connectivity index (χ2n) is 5.60. The molecule has 0 atom stereocenters. The highest BCUT2D eigenvalue weighted by Gasteiger charge is 2.13. The van der Waals surface area contributed by atoms with Crippen LogP contribution in [0.5, 0.6) is 23.0 Å². The number of phenolic OH excluding ortho intramolecular Hbond substituents is 2. The molecule has 2 rings (SSSR count). The third-order valence-corrected chi connectivity index (χ3v) is 3.80. The molecular formula is C19H21NO6. The molecule has 0 heterocycles. The standard InChI is InChI=1S/C19H21NO6/c1-25-17-10-12(9-15(22)19(17)26-2)3-8-18(24)20-11-16(23)13-4-6-14(21)7-5-13/h4-7,9-10,21-22H,3,8,11H2,1-2H3,(H,20,24). The Kier molecular flexibility index (Phi) is 6.43. The van der Waals surface area contributed by atoms with Gasteiger partial charge in [-0.15, -0.1) is 0 Å². The number of aromatic hydroxyl groups is 2. The Labute approximate surface area is 151 Å². The lowest BCUT2D eigenvalue weighted by Gasteiger charge is -2.11. The molecule has 26 heavy (non-hydrogen) atoms. The minimum atomic E-state index is -0.286. The van der Waals surface area contributed by atoms with E-state index in [2.05, 4.69) is 5.32 Å². The molecule has 0 bridgehead atoms. The zero-order valence-electron chi connectivity index (χ0n) is 14.6. The Morgan fingerprint density at radius 1 is 1.04 bits per heavy atom. The molecule has 7 nitrogen and oxygen atoms in total. The van der Waals surface area contributed by atoms with Crippen LogP contribution < -0.4 is 14.8 Å². The summed E-state index contributed by atoms with van der Waals surface area (Å²) in [5.74, 6) is 0.0904. The predicted molar refractivity (Wildman–Crippen MR) is 95.0 cm³/mol. The van der Waals surface area contributed by atoms with Crippen LogP contribution in [0.2, 0.25) is 0 Å². The van der Waals surface area contributed by atoms with E-state index in [4.69, 9.17) is 9.47 Å². The highest BCUT2D eigenvalue weighted by Crippen LogP contribution is 2.37. The summed E-state index contributed by atoms with van der Waals surface area (Å²) in [4.78, 5) is 23.9. The number of nitrogens with one attached hydrogen (secondary N) is 1. The number of hydrogen-bond acceptors (Lipinski definition) is 6. The number of Topliss-reactive ketones (excluding diaryl/α,β-unsaturated/α-hetero) is 1. The normalized spacial score (nSPS) is 10.2. The van der Waals surface area contributed by atoms with Crippen molar-refractivity contribution in [3.05, 3.63) is 47.5 Å². The van der Waals surface area contributed by atoms with Crippen molar-refractivity contribution in [3.63, 3.8) is 0 Å². The number of rotatable bonds is 8. The summed E-state index contributed by atoms with van der Waals surface area (Å²) in [7, 11) is 2.89. The third kappa shape index (κ3) is 4.89. The number of carbonyl (C=O) groups excluding carboxylic acids is 2. The maximum absolute atomic E-state index is 12.0. The van der Waals surface area contributed by atoms with Gasteiger partial charge >= 0.3 is 0 Å². The van der Waals surface area contributed by atoms with Crippen molar-refractivity contribution < 1.29 is 29.3 Å². The first-order valence-corrected chi connectivity index (χ1v) is 7.97. The quantitative estimate of drug-likeness (QED) is 0.623. The van der Waals surface area contributed by atoms with Crippen molar-refractivity contribution in [1.29, 1.82) is 0 Å². The number of methoxy groups -OCH3 is 2. The third-order valence-electron chi connectivity index (χ3n) is 3.80. The van der Waals surface area contributed by atoms with Crippen molar-refractivity contribution in [2.45, 2.75) is 12.8 Å². The highest BCUT2D eigenvalue weighted by molar-refractivity contribution is 5.99. The van der Waals surface area contributed by atoms with Crippen LogP contribution in [0.1, 0.15) is 22.3 Å². The van der Waals surface area contributed by atoms with E-state index in [1.165, 1.54) is 44.6 Å². The van der Waals surface area contributed by atoms with Gasteiger partial charge in [-0.3, -0.25) is 9.59 Å². The van der Waals surface area contributed by atoms with E-state index in [0.717, 1.165) is 0 Å². The molecule has 0 saturated heterocycles. The lowest BCUT2D eigenvalue weighted by molar-refractivity contribution is -0.120. The monoisotopic (exact) mass is 359 g/mol. The lowest BCUT2D eigenvalue weighted by Crippen LogP contribution is -2.29. The maximum atomic E-state index is 12.0. The van der Waals surface area contributed by atoms with Crippen LogP contribution in [0.25, 0.3) is 0 Å². The number of phenols is 2. The average Bonchev–Trinajstić information content (AvgIpc) is 2.64. The minimum absolute atomic E-state index is 0.0650. The van der Waals surface area contributed by atoms with E-state index < -0.39 is 0 Å². The van der Waals surface area contributed by atoms with Crippen molar-refractivity contribution in [2.75, 3.05) is 20.8 Å². The molecule has 0 saturated carbocycles. The van der Waals surface area contributed by atoms with Gasteiger partial charge in [0, 0.05) is 12.0 Å². The average molecular weight is 359 g/mol. The fraction of sp³-hybridized carbons (Fsp3) is 0.263. The molecule has 0 aliphatic heterocycles. The van der Waals surface area contributed by atoms with E-state index in [-0.39, 0.29) is 41.9 Å². The van der Waals surface area contributed by atoms with Crippen LogP contribution in [0.3, 0.4) is 0 Å². The smallest absolute Gasteiger partial charge is 0.220 e. The van der Waals surface area contributed by atoms with Gasteiger partial charge in [0.1, 0.15) is 5.75 Å².